The zero-order valence-electron chi connectivity index (χ0n) is 16.7. The van der Waals surface area contributed by atoms with Crippen LogP contribution in [-0.4, -0.2) is 33.5 Å². The number of Topliss-reactive ketones (excluding diaryl/α,β-unsaturated/α-hetero) is 1. The van der Waals surface area contributed by atoms with Gasteiger partial charge in [-0.2, -0.15) is 0 Å². The molecule has 160 valence electrons. The zero-order valence-corrected chi connectivity index (χ0v) is 17.5. The van der Waals surface area contributed by atoms with Crippen LogP contribution in [0.4, 0.5) is 0 Å². The summed E-state index contributed by atoms with van der Waals surface area (Å²) in [7, 11) is 0. The molecule has 0 radical (unpaired) electrons. The van der Waals surface area contributed by atoms with E-state index in [0.29, 0.717) is 27.6 Å². The maximum absolute atomic E-state index is 13.1. The number of amides is 1. The maximum Gasteiger partial charge on any atom is 0.295 e. The zero-order chi connectivity index (χ0) is 22.2. The van der Waals surface area contributed by atoms with Crippen molar-refractivity contribution in [1.82, 2.24) is 9.88 Å². The van der Waals surface area contributed by atoms with Crippen molar-refractivity contribution in [2.75, 3.05) is 6.79 Å². The van der Waals surface area contributed by atoms with Crippen LogP contribution in [-0.2, 0) is 16.1 Å². The molecule has 3 aromatic rings. The van der Waals surface area contributed by atoms with Gasteiger partial charge in [-0.15, -0.1) is 0 Å². The van der Waals surface area contributed by atoms with E-state index in [1.165, 1.54) is 4.90 Å². The van der Waals surface area contributed by atoms with Crippen molar-refractivity contribution in [3.63, 3.8) is 0 Å². The third kappa shape index (κ3) is 3.46. The van der Waals surface area contributed by atoms with Gasteiger partial charge in [-0.3, -0.25) is 14.6 Å². The number of benzene rings is 2. The number of likely N-dealkylation sites (tertiary alicyclic amines) is 1. The number of carbonyl (C=O) groups excluding carboxylic acids is 2. The van der Waals surface area contributed by atoms with Gasteiger partial charge in [-0.1, -0.05) is 29.8 Å². The molecule has 0 saturated carbocycles. The molecule has 1 saturated heterocycles. The number of carbonyl (C=O) groups is 2. The molecule has 1 atom stereocenters. The van der Waals surface area contributed by atoms with E-state index in [4.69, 9.17) is 21.1 Å². The molecule has 1 unspecified atom stereocenters. The fourth-order valence-corrected chi connectivity index (χ4v) is 4.05. The quantitative estimate of drug-likeness (QED) is 0.367. The molecule has 8 heteroatoms. The first-order chi connectivity index (χ1) is 15.5. The Hall–Kier alpha value is -3.84. The average Bonchev–Trinajstić information content (AvgIpc) is 3.38. The van der Waals surface area contributed by atoms with Crippen molar-refractivity contribution in [2.24, 2.45) is 0 Å². The van der Waals surface area contributed by atoms with E-state index < -0.39 is 17.7 Å². The molecule has 0 bridgehead atoms. The normalized spacial score (nSPS) is 18.9. The van der Waals surface area contributed by atoms with Crippen molar-refractivity contribution in [3.8, 4) is 11.5 Å². The number of ether oxygens (including phenoxy) is 2. The fraction of sp³-hybridized carbons (Fsp3) is 0.125. The highest BCUT2D eigenvalue weighted by Crippen LogP contribution is 2.42. The molecule has 7 nitrogen and oxygen atoms in total. The summed E-state index contributed by atoms with van der Waals surface area (Å²) in [5.74, 6) is -0.732. The van der Waals surface area contributed by atoms with Crippen molar-refractivity contribution in [3.05, 3.63) is 94.3 Å². The van der Waals surface area contributed by atoms with Crippen LogP contribution in [0.25, 0.3) is 5.76 Å². The van der Waals surface area contributed by atoms with Crippen LogP contribution in [0, 0.1) is 0 Å². The van der Waals surface area contributed by atoms with Gasteiger partial charge in [-0.25, -0.2) is 0 Å². The van der Waals surface area contributed by atoms with Gasteiger partial charge in [0.2, 0.25) is 6.79 Å². The summed E-state index contributed by atoms with van der Waals surface area (Å²) in [6.45, 7) is 0.240. The van der Waals surface area contributed by atoms with Gasteiger partial charge in [0.25, 0.3) is 11.7 Å². The monoisotopic (exact) mass is 448 g/mol. The summed E-state index contributed by atoms with van der Waals surface area (Å²) in [4.78, 5) is 31.7. The SMILES string of the molecule is O=C1C(=O)N(Cc2cccnc2)C(c2ccc(Cl)cc2)/C1=C(/O)c1ccc2c(c1)OCO2. The molecule has 2 aliphatic rings. The summed E-state index contributed by atoms with van der Waals surface area (Å²) in [6.07, 6.45) is 3.27. The molecule has 3 heterocycles. The highest BCUT2D eigenvalue weighted by molar-refractivity contribution is 6.46. The minimum absolute atomic E-state index is 0.0000723. The lowest BCUT2D eigenvalue weighted by Gasteiger charge is -2.25. The smallest absolute Gasteiger partial charge is 0.295 e. The molecular formula is C24H17ClN2O5. The molecule has 2 aromatic carbocycles. The Morgan fingerprint density at radius 1 is 1.09 bits per heavy atom. The lowest BCUT2D eigenvalue weighted by atomic mass is 9.95. The Morgan fingerprint density at radius 3 is 2.62 bits per heavy atom. The molecule has 1 N–H and O–H groups in total. The third-order valence-corrected chi connectivity index (χ3v) is 5.70. The molecule has 0 aliphatic carbocycles. The first-order valence-corrected chi connectivity index (χ1v) is 10.2. The molecule has 0 spiro atoms. The first-order valence-electron chi connectivity index (χ1n) is 9.86. The van der Waals surface area contributed by atoms with Crippen molar-refractivity contribution < 1.29 is 24.2 Å². The number of hydrogen-bond donors (Lipinski definition) is 1. The number of halogens is 1. The topological polar surface area (TPSA) is 89.0 Å². The number of aliphatic hydroxyl groups is 1. The van der Waals surface area contributed by atoms with Crippen molar-refractivity contribution in [2.45, 2.75) is 12.6 Å². The molecule has 32 heavy (non-hydrogen) atoms. The van der Waals surface area contributed by atoms with Crippen LogP contribution in [0.5, 0.6) is 11.5 Å². The number of aromatic nitrogens is 1. The summed E-state index contributed by atoms with van der Waals surface area (Å²) in [5.41, 5.74) is 1.77. The summed E-state index contributed by atoms with van der Waals surface area (Å²) < 4.78 is 10.7. The lowest BCUT2D eigenvalue weighted by molar-refractivity contribution is -0.140. The van der Waals surface area contributed by atoms with Gasteiger partial charge in [0.15, 0.2) is 11.5 Å². The van der Waals surface area contributed by atoms with E-state index in [0.717, 1.165) is 5.56 Å². The minimum Gasteiger partial charge on any atom is -0.507 e. The summed E-state index contributed by atoms with van der Waals surface area (Å²) in [6, 6.07) is 14.5. The first kappa shape index (κ1) is 20.1. The number of nitrogens with zero attached hydrogens (tertiary/aromatic N) is 2. The van der Waals surface area contributed by atoms with Crippen LogP contribution in [0.2, 0.25) is 5.02 Å². The van der Waals surface area contributed by atoms with Crippen LogP contribution < -0.4 is 9.47 Å². The van der Waals surface area contributed by atoms with Crippen LogP contribution in [0.1, 0.15) is 22.7 Å². The second-order valence-electron chi connectivity index (χ2n) is 7.41. The van der Waals surface area contributed by atoms with Gasteiger partial charge in [0, 0.05) is 29.5 Å². The average molecular weight is 449 g/mol. The van der Waals surface area contributed by atoms with Crippen molar-refractivity contribution >= 4 is 29.1 Å². The molecule has 1 amide bonds. The molecule has 1 fully saturated rings. The number of rotatable bonds is 4. The minimum atomic E-state index is -0.794. The summed E-state index contributed by atoms with van der Waals surface area (Å²) >= 11 is 6.05. The predicted molar refractivity (Wildman–Crippen MR) is 116 cm³/mol. The molecular weight excluding hydrogens is 432 g/mol. The molecule has 2 aliphatic heterocycles. The van der Waals surface area contributed by atoms with E-state index in [-0.39, 0.29) is 24.7 Å². The van der Waals surface area contributed by atoms with Gasteiger partial charge in [0.05, 0.1) is 11.6 Å². The van der Waals surface area contributed by atoms with E-state index >= 15 is 0 Å². The number of hydrogen-bond acceptors (Lipinski definition) is 6. The maximum atomic E-state index is 13.1. The second-order valence-corrected chi connectivity index (χ2v) is 7.84. The largest absolute Gasteiger partial charge is 0.507 e. The van der Waals surface area contributed by atoms with Crippen molar-refractivity contribution in [1.29, 1.82) is 0 Å². The highest BCUT2D eigenvalue weighted by atomic mass is 35.5. The standard InChI is InChI=1S/C24H17ClN2O5/c25-17-6-3-15(4-7-17)21-20(22(28)16-5-8-18-19(10-16)32-13-31-18)23(29)24(30)27(21)12-14-2-1-9-26-11-14/h1-11,21,28H,12-13H2/b22-20-. The number of pyridine rings is 1. The third-order valence-electron chi connectivity index (χ3n) is 5.45. The molecule has 1 aromatic heterocycles. The Labute approximate surface area is 188 Å². The number of fused-ring (bicyclic) bond motifs is 1. The van der Waals surface area contributed by atoms with Gasteiger partial charge >= 0.3 is 0 Å². The van der Waals surface area contributed by atoms with E-state index in [2.05, 4.69) is 4.98 Å². The predicted octanol–water partition coefficient (Wildman–Crippen LogP) is 4.09. The Bertz CT molecular complexity index is 1240. The summed E-state index contributed by atoms with van der Waals surface area (Å²) in [5, 5.41) is 11.7. The molecule has 5 rings (SSSR count). The Morgan fingerprint density at radius 2 is 1.88 bits per heavy atom. The van der Waals surface area contributed by atoms with Gasteiger partial charge in [0.1, 0.15) is 5.76 Å². The number of ketones is 1. The van der Waals surface area contributed by atoms with E-state index in [1.807, 2.05) is 6.07 Å². The lowest BCUT2D eigenvalue weighted by Crippen LogP contribution is -2.29. The Balaban J connectivity index is 1.64. The number of aliphatic hydroxyl groups excluding tert-OH is 1. The van der Waals surface area contributed by atoms with Gasteiger partial charge < -0.3 is 19.5 Å². The fourth-order valence-electron chi connectivity index (χ4n) is 3.92. The van der Waals surface area contributed by atoms with Crippen LogP contribution in [0.3, 0.4) is 0 Å². The highest BCUT2D eigenvalue weighted by Gasteiger charge is 2.46. The Kier molecular flexibility index (Phi) is 5.03. The van der Waals surface area contributed by atoms with E-state index in [1.54, 1.807) is 60.9 Å². The van der Waals surface area contributed by atoms with E-state index in [9.17, 15) is 14.7 Å². The van der Waals surface area contributed by atoms with Crippen LogP contribution >= 0.6 is 11.6 Å². The second kappa shape index (κ2) is 8.01. The van der Waals surface area contributed by atoms with Gasteiger partial charge in [-0.05, 0) is 47.5 Å². The van der Waals surface area contributed by atoms with Crippen LogP contribution in [0.15, 0.2) is 72.6 Å².